The van der Waals surface area contributed by atoms with Gasteiger partial charge < -0.3 is 11.1 Å². The van der Waals surface area contributed by atoms with Crippen LogP contribution in [0.25, 0.3) is 10.9 Å². The van der Waals surface area contributed by atoms with Gasteiger partial charge in [-0.25, -0.2) is 0 Å². The summed E-state index contributed by atoms with van der Waals surface area (Å²) in [6.07, 6.45) is 4.50. The minimum Gasteiger partial charge on any atom is -0.349 e. The monoisotopic (exact) mass is 369 g/mol. The Hall–Kier alpha value is -1.36. The molecule has 1 aliphatic rings. The van der Waals surface area contributed by atoms with Crippen molar-refractivity contribution in [3.63, 3.8) is 0 Å². The van der Waals surface area contributed by atoms with Gasteiger partial charge in [0.15, 0.2) is 0 Å². The number of carbonyl (C=O) groups excluding carboxylic acids is 1. The molecule has 1 heterocycles. The molecular weight excluding hydrogens is 345 g/mol. The van der Waals surface area contributed by atoms with Crippen LogP contribution < -0.4 is 11.1 Å². The number of para-hydroxylation sites is 1. The summed E-state index contributed by atoms with van der Waals surface area (Å²) in [5, 5.41) is 4.19. The van der Waals surface area contributed by atoms with Gasteiger partial charge in [0.25, 0.3) is 5.91 Å². The summed E-state index contributed by atoms with van der Waals surface area (Å²) in [4.78, 5) is 17.3. The lowest BCUT2D eigenvalue weighted by molar-refractivity contribution is 0.0909. The molecule has 2 unspecified atom stereocenters. The molecule has 4 nitrogen and oxygen atoms in total. The third kappa shape index (κ3) is 4.38. The number of rotatable bonds is 3. The largest absolute Gasteiger partial charge is 0.349 e. The standard InChI is InChI=1S/C18H23N3O.2ClH/c1-12-9-10-13-6-4-7-15(17(13)20-12)18(22)21-16-8-3-2-5-14(16)11-19;;/h4,6-7,9-10,14,16H,2-3,5,8,11,19H2,1H3,(H,21,22);2*1H. The number of nitrogens with zero attached hydrogens (tertiary/aromatic N) is 1. The van der Waals surface area contributed by atoms with Crippen molar-refractivity contribution in [2.75, 3.05) is 6.54 Å². The third-order valence-electron chi connectivity index (χ3n) is 4.63. The van der Waals surface area contributed by atoms with E-state index in [9.17, 15) is 4.79 Å². The van der Waals surface area contributed by atoms with Crippen LogP contribution in [-0.2, 0) is 0 Å². The van der Waals surface area contributed by atoms with E-state index in [1.807, 2.05) is 37.3 Å². The molecule has 1 aliphatic carbocycles. The van der Waals surface area contributed by atoms with Gasteiger partial charge in [-0.2, -0.15) is 0 Å². The molecule has 1 amide bonds. The zero-order chi connectivity index (χ0) is 15.5. The lowest BCUT2D eigenvalue weighted by Gasteiger charge is -2.31. The molecule has 0 radical (unpaired) electrons. The van der Waals surface area contributed by atoms with Crippen LogP contribution in [0.4, 0.5) is 0 Å². The fraction of sp³-hybridized carbons (Fsp3) is 0.444. The van der Waals surface area contributed by atoms with E-state index in [2.05, 4.69) is 10.3 Å². The SMILES string of the molecule is Cc1ccc2cccc(C(=O)NC3CCCCC3CN)c2n1.Cl.Cl. The molecule has 2 aromatic rings. The first-order valence-corrected chi connectivity index (χ1v) is 8.06. The quantitative estimate of drug-likeness (QED) is 0.867. The second-order valence-corrected chi connectivity index (χ2v) is 6.19. The van der Waals surface area contributed by atoms with Crippen LogP contribution in [0.15, 0.2) is 30.3 Å². The highest BCUT2D eigenvalue weighted by Gasteiger charge is 2.26. The van der Waals surface area contributed by atoms with Gasteiger partial charge in [0, 0.05) is 17.1 Å². The van der Waals surface area contributed by atoms with Crippen molar-refractivity contribution in [1.29, 1.82) is 0 Å². The maximum atomic E-state index is 12.7. The van der Waals surface area contributed by atoms with Gasteiger partial charge in [0.2, 0.25) is 0 Å². The predicted molar refractivity (Wildman–Crippen MR) is 103 cm³/mol. The number of amides is 1. The van der Waals surface area contributed by atoms with Gasteiger partial charge in [-0.1, -0.05) is 31.0 Å². The van der Waals surface area contributed by atoms with E-state index in [0.717, 1.165) is 35.9 Å². The lowest BCUT2D eigenvalue weighted by Crippen LogP contribution is -2.44. The number of benzene rings is 1. The summed E-state index contributed by atoms with van der Waals surface area (Å²) in [7, 11) is 0. The first kappa shape index (κ1) is 20.7. The predicted octanol–water partition coefficient (Wildman–Crippen LogP) is 3.63. The van der Waals surface area contributed by atoms with Crippen molar-refractivity contribution < 1.29 is 4.79 Å². The van der Waals surface area contributed by atoms with Crippen molar-refractivity contribution in [2.45, 2.75) is 38.6 Å². The van der Waals surface area contributed by atoms with Gasteiger partial charge in [-0.05, 0) is 44.4 Å². The number of nitrogens with two attached hydrogens (primary N) is 1. The van der Waals surface area contributed by atoms with Crippen molar-refractivity contribution in [3.8, 4) is 0 Å². The average Bonchev–Trinajstić information content (AvgIpc) is 2.54. The van der Waals surface area contributed by atoms with Gasteiger partial charge in [-0.3, -0.25) is 9.78 Å². The number of aromatic nitrogens is 1. The molecule has 1 aromatic carbocycles. The molecule has 1 saturated carbocycles. The molecule has 132 valence electrons. The minimum absolute atomic E-state index is 0. The number of hydrogen-bond acceptors (Lipinski definition) is 3. The molecule has 24 heavy (non-hydrogen) atoms. The summed E-state index contributed by atoms with van der Waals surface area (Å²) >= 11 is 0. The van der Waals surface area contributed by atoms with Crippen LogP contribution in [0.1, 0.15) is 41.7 Å². The maximum absolute atomic E-state index is 12.7. The molecule has 0 saturated heterocycles. The summed E-state index contributed by atoms with van der Waals surface area (Å²) in [5.74, 6) is 0.358. The van der Waals surface area contributed by atoms with Gasteiger partial charge >= 0.3 is 0 Å². The highest BCUT2D eigenvalue weighted by atomic mass is 35.5. The average molecular weight is 370 g/mol. The minimum atomic E-state index is -0.0333. The summed E-state index contributed by atoms with van der Waals surface area (Å²) in [6.45, 7) is 2.58. The topological polar surface area (TPSA) is 68.0 Å². The Morgan fingerprint density at radius 2 is 1.96 bits per heavy atom. The Labute approximate surface area is 155 Å². The Kier molecular flexibility index (Phi) is 7.94. The smallest absolute Gasteiger partial charge is 0.253 e. The Bertz CT molecular complexity index is 693. The van der Waals surface area contributed by atoms with Crippen LogP contribution in [0, 0.1) is 12.8 Å². The molecule has 3 rings (SSSR count). The van der Waals surface area contributed by atoms with E-state index in [1.54, 1.807) is 0 Å². The number of carbonyl (C=O) groups is 1. The summed E-state index contributed by atoms with van der Waals surface area (Å²) < 4.78 is 0. The second-order valence-electron chi connectivity index (χ2n) is 6.19. The number of nitrogens with one attached hydrogen (secondary N) is 1. The summed E-state index contributed by atoms with van der Waals surface area (Å²) in [5.41, 5.74) is 8.21. The zero-order valence-electron chi connectivity index (χ0n) is 13.8. The van der Waals surface area contributed by atoms with Crippen LogP contribution in [0.5, 0.6) is 0 Å². The van der Waals surface area contributed by atoms with Gasteiger partial charge in [0.05, 0.1) is 11.1 Å². The number of hydrogen-bond donors (Lipinski definition) is 2. The highest BCUT2D eigenvalue weighted by Crippen LogP contribution is 2.24. The van der Waals surface area contributed by atoms with Crippen molar-refractivity contribution in [2.24, 2.45) is 11.7 Å². The van der Waals surface area contributed by atoms with Crippen molar-refractivity contribution in [1.82, 2.24) is 10.3 Å². The molecule has 0 aliphatic heterocycles. The Balaban J connectivity index is 0.00000144. The second kappa shape index (κ2) is 9.21. The van der Waals surface area contributed by atoms with Crippen LogP contribution in [-0.4, -0.2) is 23.5 Å². The Morgan fingerprint density at radius 1 is 1.21 bits per heavy atom. The molecule has 0 spiro atoms. The van der Waals surface area contributed by atoms with E-state index in [0.29, 0.717) is 18.0 Å². The van der Waals surface area contributed by atoms with E-state index < -0.39 is 0 Å². The van der Waals surface area contributed by atoms with E-state index >= 15 is 0 Å². The van der Waals surface area contributed by atoms with Crippen molar-refractivity contribution >= 4 is 41.6 Å². The molecule has 6 heteroatoms. The number of aryl methyl sites for hydroxylation is 1. The first-order valence-electron chi connectivity index (χ1n) is 8.06. The molecule has 0 bridgehead atoms. The third-order valence-corrected chi connectivity index (χ3v) is 4.63. The molecule has 2 atom stereocenters. The Morgan fingerprint density at radius 3 is 2.71 bits per heavy atom. The highest BCUT2D eigenvalue weighted by molar-refractivity contribution is 6.05. The van der Waals surface area contributed by atoms with Crippen LogP contribution in [0.2, 0.25) is 0 Å². The fourth-order valence-electron chi connectivity index (χ4n) is 3.35. The van der Waals surface area contributed by atoms with E-state index in [-0.39, 0.29) is 36.8 Å². The number of halogens is 2. The van der Waals surface area contributed by atoms with E-state index in [1.165, 1.54) is 6.42 Å². The fourth-order valence-corrected chi connectivity index (χ4v) is 3.35. The van der Waals surface area contributed by atoms with Crippen molar-refractivity contribution in [3.05, 3.63) is 41.6 Å². The number of fused-ring (bicyclic) bond motifs is 1. The normalized spacial score (nSPS) is 19.9. The van der Waals surface area contributed by atoms with Crippen LogP contribution >= 0.6 is 24.8 Å². The zero-order valence-corrected chi connectivity index (χ0v) is 15.5. The summed E-state index contributed by atoms with van der Waals surface area (Å²) in [6, 6.07) is 9.92. The first-order chi connectivity index (χ1) is 10.7. The number of pyridine rings is 1. The van der Waals surface area contributed by atoms with E-state index in [4.69, 9.17) is 5.73 Å². The van der Waals surface area contributed by atoms with Gasteiger partial charge in [-0.15, -0.1) is 24.8 Å². The molecule has 3 N–H and O–H groups in total. The molecule has 1 fully saturated rings. The maximum Gasteiger partial charge on any atom is 0.253 e. The van der Waals surface area contributed by atoms with Crippen LogP contribution in [0.3, 0.4) is 0 Å². The van der Waals surface area contributed by atoms with Gasteiger partial charge in [0.1, 0.15) is 0 Å². The molecular formula is C18H25Cl2N3O. The lowest BCUT2D eigenvalue weighted by atomic mass is 9.84. The molecule has 1 aromatic heterocycles.